The second-order valence-electron chi connectivity index (χ2n) is 13.9. The number of anilines is 1. The van der Waals surface area contributed by atoms with Crippen molar-refractivity contribution in [3.8, 4) is 5.75 Å². The first-order valence-corrected chi connectivity index (χ1v) is 18.3. The van der Waals surface area contributed by atoms with Gasteiger partial charge in [-0.15, -0.1) is 0 Å². The number of halogens is 4. The molecule has 2 heterocycles. The highest BCUT2D eigenvalue weighted by molar-refractivity contribution is 7.93. The maximum atomic E-state index is 14.6. The number of rotatable bonds is 9. The van der Waals surface area contributed by atoms with Gasteiger partial charge in [0.25, 0.3) is 27.7 Å². The van der Waals surface area contributed by atoms with Crippen LogP contribution in [0.25, 0.3) is 0 Å². The molecule has 0 saturated carbocycles. The number of fused-ring (bicyclic) bond motifs is 1. The molecule has 2 aliphatic heterocycles. The van der Waals surface area contributed by atoms with E-state index >= 15 is 0 Å². The topological polar surface area (TPSA) is 125 Å². The number of hydrogen-bond acceptors (Lipinski definition) is 7. The molecule has 0 aromatic heterocycles. The maximum Gasteiger partial charge on any atom is 0.401 e. The van der Waals surface area contributed by atoms with E-state index in [1.807, 2.05) is 20.8 Å². The van der Waals surface area contributed by atoms with Gasteiger partial charge in [0.05, 0.1) is 23.7 Å². The van der Waals surface area contributed by atoms with E-state index < -0.39 is 51.4 Å². The molecule has 1 unspecified atom stereocenters. The first kappa shape index (κ1) is 38.1. The Kier molecular flexibility index (Phi) is 10.5. The summed E-state index contributed by atoms with van der Waals surface area (Å²) < 4.78 is 73.4. The van der Waals surface area contributed by atoms with Crippen LogP contribution in [0.5, 0.6) is 5.75 Å². The van der Waals surface area contributed by atoms with Crippen molar-refractivity contribution in [2.75, 3.05) is 30.5 Å². The minimum atomic E-state index is -4.54. The van der Waals surface area contributed by atoms with Gasteiger partial charge in [-0.2, -0.15) is 13.2 Å². The van der Waals surface area contributed by atoms with Crippen LogP contribution in [-0.4, -0.2) is 75.0 Å². The Morgan fingerprint density at radius 1 is 0.941 bits per heavy atom. The quantitative estimate of drug-likeness (QED) is 0.273. The number of hydrogen-bond donors (Lipinski definition) is 2. The number of alkyl halides is 3. The summed E-state index contributed by atoms with van der Waals surface area (Å²) in [6.45, 7) is 8.37. The fourth-order valence-electron chi connectivity index (χ4n) is 6.38. The third-order valence-corrected chi connectivity index (χ3v) is 10.9. The Balaban J connectivity index is 1.48. The Hall–Kier alpha value is -4.14. The van der Waals surface area contributed by atoms with Crippen LogP contribution in [0, 0.1) is 0 Å². The summed E-state index contributed by atoms with van der Waals surface area (Å²) in [4.78, 5) is 41.8. The van der Waals surface area contributed by atoms with Crippen molar-refractivity contribution >= 4 is 45.0 Å². The number of ether oxygens (including phenoxy) is 1. The Morgan fingerprint density at radius 3 is 2.16 bits per heavy atom. The van der Waals surface area contributed by atoms with Gasteiger partial charge < -0.3 is 15.4 Å². The van der Waals surface area contributed by atoms with Crippen molar-refractivity contribution in [2.24, 2.45) is 0 Å². The first-order valence-electron chi connectivity index (χ1n) is 16.4. The second-order valence-corrected chi connectivity index (χ2v) is 16.1. The number of nitrogens with zero attached hydrogens (tertiary/aromatic N) is 2. The van der Waals surface area contributed by atoms with Crippen LogP contribution in [0.1, 0.15) is 79.3 Å². The van der Waals surface area contributed by atoms with E-state index in [4.69, 9.17) is 16.3 Å². The van der Waals surface area contributed by atoms with E-state index in [-0.39, 0.29) is 57.0 Å². The fraction of sp³-hybridized carbons (Fsp3) is 0.417. The number of piperidine rings is 1. The summed E-state index contributed by atoms with van der Waals surface area (Å²) in [5, 5.41) is 5.79. The molecule has 3 aromatic carbocycles. The smallest absolute Gasteiger partial charge is 0.401 e. The highest BCUT2D eigenvalue weighted by atomic mass is 35.5. The van der Waals surface area contributed by atoms with E-state index in [0.717, 1.165) is 0 Å². The zero-order chi connectivity index (χ0) is 37.5. The number of carbonyl (C=O) groups is 3. The average Bonchev–Trinajstić information content (AvgIpc) is 3.27. The third-order valence-electron chi connectivity index (χ3n) is 8.88. The number of amides is 3. The molecule has 2 N–H and O–H groups in total. The number of likely N-dealkylation sites (tertiary alicyclic amines) is 1. The molecular weight excluding hydrogens is 709 g/mol. The molecule has 5 rings (SSSR count). The molecule has 274 valence electrons. The van der Waals surface area contributed by atoms with Gasteiger partial charge in [-0.1, -0.05) is 11.6 Å². The molecule has 51 heavy (non-hydrogen) atoms. The third kappa shape index (κ3) is 8.02. The lowest BCUT2D eigenvalue weighted by molar-refractivity contribution is -0.148. The van der Waals surface area contributed by atoms with Crippen LogP contribution in [0.3, 0.4) is 0 Å². The van der Waals surface area contributed by atoms with Crippen molar-refractivity contribution in [1.82, 2.24) is 15.5 Å². The van der Waals surface area contributed by atoms with Crippen molar-refractivity contribution in [3.05, 3.63) is 87.9 Å². The van der Waals surface area contributed by atoms with E-state index in [1.54, 1.807) is 19.1 Å². The summed E-state index contributed by atoms with van der Waals surface area (Å²) >= 11 is 6.72. The van der Waals surface area contributed by atoms with Crippen molar-refractivity contribution in [3.63, 3.8) is 0 Å². The predicted molar refractivity (Wildman–Crippen MR) is 187 cm³/mol. The van der Waals surface area contributed by atoms with Gasteiger partial charge in [0.15, 0.2) is 0 Å². The highest BCUT2D eigenvalue weighted by Gasteiger charge is 2.54. The van der Waals surface area contributed by atoms with Crippen LogP contribution in [0.4, 0.5) is 18.9 Å². The molecule has 1 saturated heterocycles. The summed E-state index contributed by atoms with van der Waals surface area (Å²) in [5.74, 6) is -1.38. The molecule has 2 aliphatic rings. The zero-order valence-electron chi connectivity index (χ0n) is 28.9. The first-order chi connectivity index (χ1) is 23.7. The van der Waals surface area contributed by atoms with Crippen molar-refractivity contribution in [1.29, 1.82) is 0 Å². The van der Waals surface area contributed by atoms with Crippen LogP contribution in [0.2, 0.25) is 5.02 Å². The number of sulfonamides is 1. The van der Waals surface area contributed by atoms with Gasteiger partial charge in [-0.05, 0) is 114 Å². The van der Waals surface area contributed by atoms with E-state index in [9.17, 15) is 36.0 Å². The summed E-state index contributed by atoms with van der Waals surface area (Å²) in [5.41, 5.74) is -1.35. The Bertz CT molecular complexity index is 1940. The summed E-state index contributed by atoms with van der Waals surface area (Å²) in [6, 6.07) is 13.8. The monoisotopic (exact) mass is 748 g/mol. The Labute approximate surface area is 300 Å². The molecule has 1 fully saturated rings. The van der Waals surface area contributed by atoms with Crippen molar-refractivity contribution in [2.45, 2.75) is 75.5 Å². The molecule has 0 aliphatic carbocycles. The predicted octanol–water partition coefficient (Wildman–Crippen LogP) is 6.07. The van der Waals surface area contributed by atoms with Crippen LogP contribution in [0.15, 0.2) is 65.6 Å². The number of carbonyl (C=O) groups excluding carboxylic acids is 3. The number of nitrogens with one attached hydrogen (secondary N) is 2. The number of benzene rings is 3. The average molecular weight is 749 g/mol. The second kappa shape index (κ2) is 14.1. The molecule has 0 radical (unpaired) electrons. The molecule has 0 bridgehead atoms. The summed E-state index contributed by atoms with van der Waals surface area (Å²) in [7, 11) is -4.54. The van der Waals surface area contributed by atoms with Gasteiger partial charge in [-0.3, -0.25) is 19.3 Å². The summed E-state index contributed by atoms with van der Waals surface area (Å²) in [6.07, 6.45) is -3.67. The largest absolute Gasteiger partial charge is 0.494 e. The molecule has 10 nitrogen and oxygen atoms in total. The molecular formula is C36H40ClF3N4O6S. The lowest BCUT2D eigenvalue weighted by Crippen LogP contribution is -2.47. The van der Waals surface area contributed by atoms with Gasteiger partial charge in [-0.25, -0.2) is 12.7 Å². The fourth-order valence-corrected chi connectivity index (χ4v) is 8.20. The lowest BCUT2D eigenvalue weighted by atomic mass is 9.76. The maximum absolute atomic E-state index is 14.6. The van der Waals surface area contributed by atoms with Crippen LogP contribution in [-0.2, 0) is 20.2 Å². The Morgan fingerprint density at radius 2 is 1.57 bits per heavy atom. The minimum Gasteiger partial charge on any atom is -0.494 e. The molecule has 1 atom stereocenters. The lowest BCUT2D eigenvalue weighted by Gasteiger charge is -2.32. The van der Waals surface area contributed by atoms with E-state index in [2.05, 4.69) is 10.6 Å². The SMILES string of the molecule is CCOc1ccc2c(c1)C(C)(c1cc(C(=O)NC3CCN(CC(F)(F)F)CC3)ccc1Cl)C(=O)N2S(=O)(=O)c1ccc(C(=O)NC(C)(C)C)cc1. The molecule has 0 spiro atoms. The van der Waals surface area contributed by atoms with Gasteiger partial charge in [0.2, 0.25) is 0 Å². The highest BCUT2D eigenvalue weighted by Crippen LogP contribution is 2.51. The van der Waals surface area contributed by atoms with Crippen LogP contribution < -0.4 is 19.7 Å². The minimum absolute atomic E-state index is 0.0667. The molecule has 3 amide bonds. The van der Waals surface area contributed by atoms with Gasteiger partial charge >= 0.3 is 6.18 Å². The molecule has 3 aromatic rings. The normalized spacial score (nSPS) is 18.8. The van der Waals surface area contributed by atoms with E-state index in [1.165, 1.54) is 60.4 Å². The van der Waals surface area contributed by atoms with Gasteiger partial charge in [0, 0.05) is 46.4 Å². The molecule has 15 heteroatoms. The van der Waals surface area contributed by atoms with Gasteiger partial charge in [0.1, 0.15) is 11.2 Å². The standard InChI is InChI=1S/C36H40ClF3N4O6S/c1-6-50-25-10-14-30-28(20-25)35(5,33(47)44(30)51(48,49)26-11-7-22(8-12-26)32(46)42-34(2,3)4)27-19-23(9-13-29(27)37)31(45)41-24-15-17-43(18-16-24)21-36(38,39)40/h7-14,19-20,24H,6,15-18,21H2,1-5H3,(H,41,45)(H,42,46). The zero-order valence-corrected chi connectivity index (χ0v) is 30.4. The van der Waals surface area contributed by atoms with E-state index in [0.29, 0.717) is 29.5 Å². The van der Waals surface area contributed by atoms with Crippen LogP contribution >= 0.6 is 11.6 Å². The van der Waals surface area contributed by atoms with Crippen molar-refractivity contribution < 1.29 is 40.7 Å².